The molecule has 0 aliphatic carbocycles. The van der Waals surface area contributed by atoms with Crippen LogP contribution in [0.1, 0.15) is 36.4 Å². The van der Waals surface area contributed by atoms with E-state index in [0.29, 0.717) is 6.54 Å². The van der Waals surface area contributed by atoms with Crippen LogP contribution >= 0.6 is 11.3 Å². The van der Waals surface area contributed by atoms with Crippen molar-refractivity contribution in [3.05, 3.63) is 16.1 Å². The van der Waals surface area contributed by atoms with E-state index in [4.69, 9.17) is 0 Å². The average Bonchev–Trinajstić information content (AvgIpc) is 2.70. The Morgan fingerprint density at radius 1 is 1.19 bits per heavy atom. The van der Waals surface area contributed by atoms with Gasteiger partial charge < -0.3 is 4.90 Å². The first-order chi connectivity index (χ1) is 10.1. The van der Waals surface area contributed by atoms with Gasteiger partial charge in [-0.25, -0.2) is 4.98 Å². The van der Waals surface area contributed by atoms with Gasteiger partial charge in [0.2, 0.25) is 5.91 Å². The lowest BCUT2D eigenvalue weighted by Gasteiger charge is -2.16. The van der Waals surface area contributed by atoms with Gasteiger partial charge >= 0.3 is 0 Å². The maximum Gasteiger partial charge on any atom is 0.293 e. The summed E-state index contributed by atoms with van der Waals surface area (Å²) in [5.41, 5.74) is 5.87. The smallest absolute Gasteiger partial charge is 0.293 e. The van der Waals surface area contributed by atoms with Crippen molar-refractivity contribution in [3.8, 4) is 0 Å². The Bertz CT molecular complexity index is 481. The number of hydrogen-bond donors (Lipinski definition) is 3. The van der Waals surface area contributed by atoms with Crippen LogP contribution in [0.25, 0.3) is 0 Å². The minimum atomic E-state index is -0.233. The number of hydrogen-bond acceptors (Lipinski definition) is 4. The molecule has 2 amide bonds. The molecular weight excluding hydrogens is 288 g/mol. The summed E-state index contributed by atoms with van der Waals surface area (Å²) in [6.07, 6.45) is 5.08. The number of quaternary nitrogens is 1. The van der Waals surface area contributed by atoms with Gasteiger partial charge in [0.25, 0.3) is 5.91 Å². The number of aromatic nitrogens is 1. The first kappa shape index (κ1) is 15.9. The van der Waals surface area contributed by atoms with Crippen LogP contribution in [-0.4, -0.2) is 36.4 Å². The molecule has 0 radical (unpaired) electrons. The predicted molar refractivity (Wildman–Crippen MR) is 80.9 cm³/mol. The molecule has 0 aromatic carbocycles. The molecule has 0 atom stereocenters. The van der Waals surface area contributed by atoms with Crippen molar-refractivity contribution in [2.24, 2.45) is 0 Å². The topological polar surface area (TPSA) is 75.5 Å². The van der Waals surface area contributed by atoms with E-state index < -0.39 is 0 Å². The Morgan fingerprint density at radius 2 is 1.86 bits per heavy atom. The number of rotatable bonds is 4. The lowest BCUT2D eigenvalue weighted by molar-refractivity contribution is -0.891. The van der Waals surface area contributed by atoms with Crippen molar-refractivity contribution in [1.29, 1.82) is 0 Å². The molecule has 116 valence electrons. The van der Waals surface area contributed by atoms with Gasteiger partial charge in [0, 0.05) is 11.1 Å². The van der Waals surface area contributed by atoms with Crippen molar-refractivity contribution >= 4 is 23.2 Å². The maximum atomic E-state index is 11.8. The molecule has 7 heteroatoms. The quantitative estimate of drug-likeness (QED) is 0.662. The summed E-state index contributed by atoms with van der Waals surface area (Å²) >= 11 is 1.45. The zero-order valence-corrected chi connectivity index (χ0v) is 13.2. The Kier molecular flexibility index (Phi) is 6.13. The van der Waals surface area contributed by atoms with Crippen LogP contribution in [0.5, 0.6) is 0 Å². The number of aryl methyl sites for hydroxylation is 1. The third-order valence-electron chi connectivity index (χ3n) is 3.54. The summed E-state index contributed by atoms with van der Waals surface area (Å²) in [6, 6.07) is 0. The molecule has 0 saturated carbocycles. The van der Waals surface area contributed by atoms with Crippen LogP contribution in [0.4, 0.5) is 0 Å². The predicted octanol–water partition coefficient (Wildman–Crippen LogP) is -0.400. The standard InChI is InChI=1S/C14H22N4O2S/c1-11-10-21-14(15-11)8-12(19)16-17-13(20)9-18-6-4-2-3-5-7-18/h10H,2-9H2,1H3,(H,16,19)(H,17,20)/p+1. The summed E-state index contributed by atoms with van der Waals surface area (Å²) in [6.45, 7) is 4.40. The summed E-state index contributed by atoms with van der Waals surface area (Å²) in [4.78, 5) is 29.1. The zero-order chi connectivity index (χ0) is 15.1. The monoisotopic (exact) mass is 311 g/mol. The molecule has 1 fully saturated rings. The van der Waals surface area contributed by atoms with Gasteiger partial charge in [-0.05, 0) is 32.6 Å². The first-order valence-corrected chi connectivity index (χ1v) is 8.33. The fourth-order valence-electron chi connectivity index (χ4n) is 2.48. The molecule has 0 spiro atoms. The van der Waals surface area contributed by atoms with Crippen LogP contribution in [0.2, 0.25) is 0 Å². The summed E-state index contributed by atoms with van der Waals surface area (Å²) < 4.78 is 0. The number of amides is 2. The SMILES string of the molecule is Cc1csc(CC(=O)NNC(=O)C[NH+]2CCCCCC2)n1. The minimum Gasteiger partial charge on any atom is -0.327 e. The second-order valence-corrected chi connectivity index (χ2v) is 6.44. The Hall–Kier alpha value is -1.47. The lowest BCUT2D eigenvalue weighted by Crippen LogP contribution is -3.13. The molecule has 1 aromatic rings. The molecule has 1 aliphatic heterocycles. The summed E-state index contributed by atoms with van der Waals surface area (Å²) in [7, 11) is 0. The third-order valence-corrected chi connectivity index (χ3v) is 4.51. The van der Waals surface area contributed by atoms with Crippen LogP contribution in [0.15, 0.2) is 5.38 Å². The highest BCUT2D eigenvalue weighted by Gasteiger charge is 2.16. The molecule has 2 rings (SSSR count). The van der Waals surface area contributed by atoms with Gasteiger partial charge in [0.15, 0.2) is 6.54 Å². The summed E-state index contributed by atoms with van der Waals surface area (Å²) in [5, 5.41) is 2.67. The molecule has 1 saturated heterocycles. The highest BCUT2D eigenvalue weighted by molar-refractivity contribution is 7.09. The van der Waals surface area contributed by atoms with Crippen LogP contribution in [0.3, 0.4) is 0 Å². The first-order valence-electron chi connectivity index (χ1n) is 7.46. The number of carbonyl (C=O) groups excluding carboxylic acids is 2. The van der Waals surface area contributed by atoms with E-state index in [1.54, 1.807) is 0 Å². The van der Waals surface area contributed by atoms with Crippen LogP contribution in [0, 0.1) is 6.92 Å². The molecule has 6 nitrogen and oxygen atoms in total. The van der Waals surface area contributed by atoms with Gasteiger partial charge in [0.05, 0.1) is 19.5 Å². The van der Waals surface area contributed by atoms with Crippen LogP contribution in [-0.2, 0) is 16.0 Å². The molecule has 1 aliphatic rings. The van der Waals surface area contributed by atoms with Gasteiger partial charge in [-0.2, -0.15) is 0 Å². The van der Waals surface area contributed by atoms with E-state index in [0.717, 1.165) is 23.8 Å². The van der Waals surface area contributed by atoms with Crippen molar-refractivity contribution < 1.29 is 14.5 Å². The van der Waals surface area contributed by atoms with Gasteiger partial charge in [-0.1, -0.05) is 0 Å². The van der Waals surface area contributed by atoms with Gasteiger partial charge in [-0.15, -0.1) is 11.3 Å². The van der Waals surface area contributed by atoms with Crippen LogP contribution < -0.4 is 15.8 Å². The number of carbonyl (C=O) groups is 2. The van der Waals surface area contributed by atoms with E-state index in [2.05, 4.69) is 15.8 Å². The molecule has 0 bridgehead atoms. The highest BCUT2D eigenvalue weighted by Crippen LogP contribution is 2.08. The van der Waals surface area contributed by atoms with E-state index in [-0.39, 0.29) is 18.2 Å². The Labute approximate surface area is 128 Å². The molecule has 21 heavy (non-hydrogen) atoms. The Balaban J connectivity index is 1.66. The molecular formula is C14H23N4O2S+. The molecule has 0 unspecified atom stereocenters. The van der Waals surface area contributed by atoms with Crippen molar-refractivity contribution in [1.82, 2.24) is 15.8 Å². The van der Waals surface area contributed by atoms with E-state index >= 15 is 0 Å². The van der Waals surface area contributed by atoms with Gasteiger partial charge in [0.1, 0.15) is 5.01 Å². The zero-order valence-electron chi connectivity index (χ0n) is 12.4. The third kappa shape index (κ3) is 5.81. The maximum absolute atomic E-state index is 11.8. The number of hydrazine groups is 1. The Morgan fingerprint density at radius 3 is 2.48 bits per heavy atom. The molecule has 1 aromatic heterocycles. The fraction of sp³-hybridized carbons (Fsp3) is 0.643. The van der Waals surface area contributed by atoms with E-state index in [1.165, 1.54) is 41.9 Å². The normalized spacial score (nSPS) is 16.2. The lowest BCUT2D eigenvalue weighted by atomic mass is 10.2. The average molecular weight is 311 g/mol. The van der Waals surface area contributed by atoms with Crippen molar-refractivity contribution in [2.45, 2.75) is 39.0 Å². The fourth-order valence-corrected chi connectivity index (χ4v) is 3.25. The number of nitrogens with one attached hydrogen (secondary N) is 3. The van der Waals surface area contributed by atoms with Crippen molar-refractivity contribution in [2.75, 3.05) is 19.6 Å². The van der Waals surface area contributed by atoms with Crippen molar-refractivity contribution in [3.63, 3.8) is 0 Å². The number of thiazole rings is 1. The highest BCUT2D eigenvalue weighted by atomic mass is 32.1. The molecule has 2 heterocycles. The van der Waals surface area contributed by atoms with E-state index in [9.17, 15) is 9.59 Å². The number of likely N-dealkylation sites (tertiary alicyclic amines) is 1. The van der Waals surface area contributed by atoms with E-state index in [1.807, 2.05) is 12.3 Å². The minimum absolute atomic E-state index is 0.129. The second-order valence-electron chi connectivity index (χ2n) is 5.50. The molecule has 3 N–H and O–H groups in total. The second kappa shape index (κ2) is 8.09. The summed E-state index contributed by atoms with van der Waals surface area (Å²) in [5.74, 6) is -0.362. The number of nitrogens with zero attached hydrogens (tertiary/aromatic N) is 1. The largest absolute Gasteiger partial charge is 0.327 e. The van der Waals surface area contributed by atoms with Gasteiger partial charge in [-0.3, -0.25) is 20.4 Å².